The van der Waals surface area contributed by atoms with Crippen molar-refractivity contribution in [2.24, 2.45) is 0 Å². The van der Waals surface area contributed by atoms with Gasteiger partial charge in [0.2, 0.25) is 0 Å². The summed E-state index contributed by atoms with van der Waals surface area (Å²) in [6, 6.07) is 3.67. The van der Waals surface area contributed by atoms with Crippen LogP contribution in [0.3, 0.4) is 0 Å². The summed E-state index contributed by atoms with van der Waals surface area (Å²) in [5.74, 6) is -0.314. The van der Waals surface area contributed by atoms with Crippen LogP contribution < -0.4 is 4.57 Å². The predicted molar refractivity (Wildman–Crippen MR) is 77.3 cm³/mol. The lowest BCUT2D eigenvalue weighted by molar-refractivity contribution is -0.692. The van der Waals surface area contributed by atoms with Crippen molar-refractivity contribution in [3.63, 3.8) is 0 Å². The normalized spacial score (nSPS) is 11.9. The van der Waals surface area contributed by atoms with Crippen molar-refractivity contribution in [2.45, 2.75) is 6.54 Å². The van der Waals surface area contributed by atoms with E-state index in [1.165, 1.54) is 11.3 Å². The maximum atomic E-state index is 10.7. The molecule has 7 nitrogen and oxygen atoms in total. The molecule has 0 spiro atoms. The molecule has 0 atom stereocenters. The van der Waals surface area contributed by atoms with Crippen LogP contribution in [0.1, 0.15) is 0 Å². The van der Waals surface area contributed by atoms with Gasteiger partial charge in [-0.3, -0.25) is 4.55 Å². The fraction of sp³-hybridized carbons (Fsp3) is 0.167. The summed E-state index contributed by atoms with van der Waals surface area (Å²) in [6.45, 7) is 0.196. The average Bonchev–Trinajstić information content (AvgIpc) is 2.89. The molecule has 0 amide bonds. The molecule has 0 aliphatic heterocycles. The molecule has 0 saturated carbocycles. The first-order valence-corrected chi connectivity index (χ1v) is 8.46. The van der Waals surface area contributed by atoms with Crippen LogP contribution >= 0.6 is 11.3 Å². The Balaban J connectivity index is 1.83. The molecule has 9 heteroatoms. The van der Waals surface area contributed by atoms with Gasteiger partial charge in [-0.15, -0.1) is 0 Å². The second-order valence-electron chi connectivity index (χ2n) is 4.31. The summed E-state index contributed by atoms with van der Waals surface area (Å²) in [6.07, 6.45) is 6.71. The lowest BCUT2D eigenvalue weighted by Gasteiger charge is -1.97. The van der Waals surface area contributed by atoms with Crippen molar-refractivity contribution >= 4 is 31.9 Å². The fourth-order valence-electron chi connectivity index (χ4n) is 1.77. The number of hydrogen-bond donors (Lipinski definition) is 1. The quantitative estimate of drug-likeness (QED) is 0.567. The highest BCUT2D eigenvalue weighted by molar-refractivity contribution is 7.85. The Bertz CT molecular complexity index is 842. The minimum absolute atomic E-state index is 0.196. The summed E-state index contributed by atoms with van der Waals surface area (Å²) in [7, 11) is -3.95. The molecule has 108 valence electrons. The number of pyridine rings is 1. The second-order valence-corrected chi connectivity index (χ2v) is 6.86. The topological polar surface area (TPSA) is 96.9 Å². The second kappa shape index (κ2) is 5.43. The van der Waals surface area contributed by atoms with Crippen molar-refractivity contribution in [1.82, 2.24) is 15.0 Å². The summed E-state index contributed by atoms with van der Waals surface area (Å²) in [4.78, 5) is 13.5. The number of aromatic nitrogens is 4. The number of fused-ring (bicyclic) bond motifs is 1. The first kappa shape index (κ1) is 14.0. The van der Waals surface area contributed by atoms with Gasteiger partial charge in [0, 0.05) is 30.1 Å². The third kappa shape index (κ3) is 3.38. The third-order valence-electron chi connectivity index (χ3n) is 2.79. The SMILES string of the molecule is O=S(=O)(O)CC[n+]1ccc(-c2nc3nccnc3s2)cc1. The molecule has 0 aromatic carbocycles. The van der Waals surface area contributed by atoms with Crippen molar-refractivity contribution in [2.75, 3.05) is 5.75 Å². The van der Waals surface area contributed by atoms with E-state index < -0.39 is 10.1 Å². The van der Waals surface area contributed by atoms with Gasteiger partial charge < -0.3 is 0 Å². The highest BCUT2D eigenvalue weighted by atomic mass is 32.2. The van der Waals surface area contributed by atoms with E-state index in [1.807, 2.05) is 12.1 Å². The lowest BCUT2D eigenvalue weighted by Crippen LogP contribution is -2.36. The maximum absolute atomic E-state index is 10.7. The fourth-order valence-corrected chi connectivity index (χ4v) is 3.08. The molecule has 0 aliphatic carbocycles. The molecule has 0 fully saturated rings. The Morgan fingerprint density at radius 3 is 2.57 bits per heavy atom. The lowest BCUT2D eigenvalue weighted by atomic mass is 10.3. The van der Waals surface area contributed by atoms with E-state index in [0.29, 0.717) is 5.65 Å². The largest absolute Gasteiger partial charge is 0.285 e. The van der Waals surface area contributed by atoms with Crippen molar-refractivity contribution in [1.29, 1.82) is 0 Å². The summed E-state index contributed by atoms with van der Waals surface area (Å²) >= 11 is 1.44. The van der Waals surface area contributed by atoms with E-state index in [4.69, 9.17) is 4.55 Å². The zero-order valence-electron chi connectivity index (χ0n) is 10.7. The Morgan fingerprint density at radius 2 is 1.90 bits per heavy atom. The van der Waals surface area contributed by atoms with Crippen molar-refractivity contribution < 1.29 is 17.5 Å². The molecule has 0 aliphatic rings. The van der Waals surface area contributed by atoms with Gasteiger partial charge >= 0.3 is 0 Å². The van der Waals surface area contributed by atoms with Crippen LogP contribution in [0.25, 0.3) is 21.0 Å². The van der Waals surface area contributed by atoms with Gasteiger partial charge in [-0.05, 0) is 0 Å². The van der Waals surface area contributed by atoms with Gasteiger partial charge in [0.1, 0.15) is 10.8 Å². The van der Waals surface area contributed by atoms with Crippen LogP contribution in [0.15, 0.2) is 36.9 Å². The van der Waals surface area contributed by atoms with Crippen molar-refractivity contribution in [3.05, 3.63) is 36.9 Å². The highest BCUT2D eigenvalue weighted by Crippen LogP contribution is 2.26. The van der Waals surface area contributed by atoms with Gasteiger partial charge in [0.25, 0.3) is 10.1 Å². The molecule has 0 saturated heterocycles. The van der Waals surface area contributed by atoms with E-state index in [0.717, 1.165) is 15.4 Å². The first-order chi connectivity index (χ1) is 10.0. The van der Waals surface area contributed by atoms with Gasteiger partial charge in [-0.25, -0.2) is 19.5 Å². The summed E-state index contributed by atoms with van der Waals surface area (Å²) in [5.41, 5.74) is 1.52. The first-order valence-electron chi connectivity index (χ1n) is 6.03. The minimum Gasteiger partial charge on any atom is -0.285 e. The number of hydrogen-bond acceptors (Lipinski definition) is 6. The minimum atomic E-state index is -3.95. The molecule has 1 N–H and O–H groups in total. The van der Waals surface area contributed by atoms with Crippen LogP contribution in [0.2, 0.25) is 0 Å². The van der Waals surface area contributed by atoms with Gasteiger partial charge in [0.05, 0.1) is 0 Å². The molecule has 3 heterocycles. The van der Waals surface area contributed by atoms with Crippen LogP contribution in [0.5, 0.6) is 0 Å². The Labute approximate surface area is 124 Å². The Morgan fingerprint density at radius 1 is 1.19 bits per heavy atom. The monoisotopic (exact) mass is 323 g/mol. The standard InChI is InChI=1S/C12H10N4O3S2/c17-21(18,19)8-7-16-5-1-9(2-6-16)11-15-10-12(20-11)14-4-3-13-10/h1-6H,7-8H2/p+1. The Kier molecular flexibility index (Phi) is 3.62. The molecule has 3 aromatic rings. The zero-order chi connectivity index (χ0) is 14.9. The molecular weight excluding hydrogens is 312 g/mol. The maximum Gasteiger partial charge on any atom is 0.271 e. The van der Waals surface area contributed by atoms with E-state index in [2.05, 4.69) is 15.0 Å². The van der Waals surface area contributed by atoms with Crippen LogP contribution in [-0.2, 0) is 16.7 Å². The predicted octanol–water partition coefficient (Wildman–Crippen LogP) is 0.929. The van der Waals surface area contributed by atoms with Crippen molar-refractivity contribution in [3.8, 4) is 10.6 Å². The number of aryl methyl sites for hydroxylation is 1. The molecule has 0 bridgehead atoms. The van der Waals surface area contributed by atoms with Gasteiger partial charge in [0.15, 0.2) is 29.4 Å². The molecule has 21 heavy (non-hydrogen) atoms. The number of rotatable bonds is 4. The van der Waals surface area contributed by atoms with Crippen LogP contribution in [0, 0.1) is 0 Å². The summed E-state index contributed by atoms with van der Waals surface area (Å²) in [5, 5.41) is 0.804. The average molecular weight is 323 g/mol. The van der Waals surface area contributed by atoms with E-state index in [1.54, 1.807) is 29.4 Å². The van der Waals surface area contributed by atoms with Crippen LogP contribution in [-0.4, -0.2) is 33.7 Å². The van der Waals surface area contributed by atoms with E-state index in [-0.39, 0.29) is 12.3 Å². The zero-order valence-corrected chi connectivity index (χ0v) is 12.4. The third-order valence-corrected chi connectivity index (χ3v) is 4.49. The van der Waals surface area contributed by atoms with E-state index >= 15 is 0 Å². The Hall–Kier alpha value is -1.97. The number of thiazole rings is 1. The molecule has 0 radical (unpaired) electrons. The highest BCUT2D eigenvalue weighted by Gasteiger charge is 2.12. The van der Waals surface area contributed by atoms with Crippen LogP contribution in [0.4, 0.5) is 0 Å². The smallest absolute Gasteiger partial charge is 0.271 e. The van der Waals surface area contributed by atoms with Gasteiger partial charge in [-0.2, -0.15) is 8.42 Å². The molecular formula is C12H11N4O3S2+. The molecule has 3 aromatic heterocycles. The molecule has 0 unspecified atom stereocenters. The molecule has 3 rings (SSSR count). The van der Waals surface area contributed by atoms with Gasteiger partial charge in [-0.1, -0.05) is 11.3 Å². The number of nitrogens with zero attached hydrogens (tertiary/aromatic N) is 4. The van der Waals surface area contributed by atoms with E-state index in [9.17, 15) is 8.42 Å². The summed E-state index contributed by atoms with van der Waals surface area (Å²) < 4.78 is 31.8.